The molecule has 1 N–H and O–H groups in total. The number of amides is 1. The maximum atomic E-state index is 13.0. The van der Waals surface area contributed by atoms with Crippen LogP contribution < -0.4 is 10.7 Å². The van der Waals surface area contributed by atoms with E-state index in [1.165, 1.54) is 32.4 Å². The van der Waals surface area contributed by atoms with Crippen molar-refractivity contribution in [3.63, 3.8) is 0 Å². The minimum Gasteiger partial charge on any atom is -0.465 e. The summed E-state index contributed by atoms with van der Waals surface area (Å²) in [5.41, 5.74) is 1.85. The van der Waals surface area contributed by atoms with E-state index in [2.05, 4.69) is 5.32 Å². The number of aromatic nitrogens is 1. The van der Waals surface area contributed by atoms with Crippen LogP contribution in [0.1, 0.15) is 43.1 Å². The average Bonchev–Trinajstić information content (AvgIpc) is 2.79. The Hall–Kier alpha value is -3.94. The molecule has 3 aromatic rings. The standard InChI is InChI=1S/C23H20N2O6/c1-30-22(28)14-9-15(23(29)31-2)11-16(10-14)24-21(27)18-12-25-8-4-6-13-5-3-7-17(19(13)25)20(18)26/h3,5,7,9-12H,4,6,8H2,1-2H3,(H,24,27). The molecule has 158 valence electrons. The molecule has 0 radical (unpaired) electrons. The van der Waals surface area contributed by atoms with Gasteiger partial charge in [0, 0.05) is 23.8 Å². The van der Waals surface area contributed by atoms with Gasteiger partial charge in [-0.2, -0.15) is 0 Å². The summed E-state index contributed by atoms with van der Waals surface area (Å²) in [7, 11) is 2.42. The van der Waals surface area contributed by atoms with E-state index in [4.69, 9.17) is 9.47 Å². The number of aryl methyl sites for hydroxylation is 2. The first-order chi connectivity index (χ1) is 14.9. The molecule has 31 heavy (non-hydrogen) atoms. The van der Waals surface area contributed by atoms with Crippen LogP contribution in [0, 0.1) is 0 Å². The van der Waals surface area contributed by atoms with Crippen molar-refractivity contribution in [2.24, 2.45) is 0 Å². The molecular formula is C23H20N2O6. The molecule has 1 aliphatic rings. The van der Waals surface area contributed by atoms with E-state index in [0.29, 0.717) is 11.9 Å². The van der Waals surface area contributed by atoms with E-state index < -0.39 is 17.8 Å². The molecule has 0 fully saturated rings. The van der Waals surface area contributed by atoms with Gasteiger partial charge in [-0.25, -0.2) is 9.59 Å². The molecule has 8 heteroatoms. The molecule has 0 atom stereocenters. The lowest BCUT2D eigenvalue weighted by Gasteiger charge is -2.20. The number of carbonyl (C=O) groups is 3. The fraction of sp³-hybridized carbons (Fsp3) is 0.217. The lowest BCUT2D eigenvalue weighted by Crippen LogP contribution is -2.25. The molecule has 0 saturated heterocycles. The Labute approximate surface area is 177 Å². The predicted octanol–water partition coefficient (Wildman–Crippen LogP) is 2.77. The van der Waals surface area contributed by atoms with Crippen LogP contribution in [0.25, 0.3) is 10.9 Å². The van der Waals surface area contributed by atoms with Crippen LogP contribution >= 0.6 is 0 Å². The molecule has 1 amide bonds. The molecule has 1 aliphatic heterocycles. The van der Waals surface area contributed by atoms with Crippen LogP contribution in [0.5, 0.6) is 0 Å². The molecule has 2 aromatic carbocycles. The van der Waals surface area contributed by atoms with E-state index in [1.54, 1.807) is 12.3 Å². The van der Waals surface area contributed by atoms with Gasteiger partial charge < -0.3 is 19.4 Å². The smallest absolute Gasteiger partial charge is 0.337 e. The van der Waals surface area contributed by atoms with Crippen LogP contribution in [0.4, 0.5) is 5.69 Å². The topological polar surface area (TPSA) is 104 Å². The Balaban J connectivity index is 1.76. The molecule has 1 aromatic heterocycles. The Morgan fingerprint density at radius 1 is 1.00 bits per heavy atom. The van der Waals surface area contributed by atoms with E-state index in [-0.39, 0.29) is 27.8 Å². The van der Waals surface area contributed by atoms with Crippen LogP contribution in [0.15, 0.2) is 47.4 Å². The summed E-state index contributed by atoms with van der Waals surface area (Å²) >= 11 is 0. The van der Waals surface area contributed by atoms with Gasteiger partial charge in [0.1, 0.15) is 5.56 Å². The summed E-state index contributed by atoms with van der Waals surface area (Å²) in [4.78, 5) is 50.0. The summed E-state index contributed by atoms with van der Waals surface area (Å²) in [6, 6.07) is 9.58. The van der Waals surface area contributed by atoms with Crippen molar-refractivity contribution in [2.75, 3.05) is 19.5 Å². The average molecular weight is 420 g/mol. The summed E-state index contributed by atoms with van der Waals surface area (Å²) in [6.07, 6.45) is 3.37. The molecule has 0 saturated carbocycles. The Morgan fingerprint density at radius 3 is 2.32 bits per heavy atom. The molecular weight excluding hydrogens is 400 g/mol. The molecule has 0 bridgehead atoms. The number of methoxy groups -OCH3 is 2. The van der Waals surface area contributed by atoms with Gasteiger partial charge in [-0.05, 0) is 42.7 Å². The quantitative estimate of drug-likeness (QED) is 0.651. The van der Waals surface area contributed by atoms with Gasteiger partial charge in [-0.1, -0.05) is 12.1 Å². The highest BCUT2D eigenvalue weighted by molar-refractivity contribution is 6.07. The van der Waals surface area contributed by atoms with Gasteiger partial charge >= 0.3 is 11.9 Å². The number of ether oxygens (including phenoxy) is 2. The van der Waals surface area contributed by atoms with Gasteiger partial charge in [0.15, 0.2) is 0 Å². The number of esters is 2. The summed E-state index contributed by atoms with van der Waals surface area (Å²) < 4.78 is 11.3. The zero-order valence-electron chi connectivity index (χ0n) is 17.1. The molecule has 2 heterocycles. The maximum Gasteiger partial charge on any atom is 0.337 e. The number of para-hydroxylation sites is 1. The molecule has 4 rings (SSSR count). The van der Waals surface area contributed by atoms with Crippen molar-refractivity contribution in [1.29, 1.82) is 0 Å². The number of nitrogens with one attached hydrogen (secondary N) is 1. The van der Waals surface area contributed by atoms with Gasteiger partial charge in [0.2, 0.25) is 5.43 Å². The molecule has 8 nitrogen and oxygen atoms in total. The second-order valence-corrected chi connectivity index (χ2v) is 7.22. The van der Waals surface area contributed by atoms with Crippen LogP contribution in [-0.4, -0.2) is 36.6 Å². The fourth-order valence-electron chi connectivity index (χ4n) is 3.89. The van der Waals surface area contributed by atoms with Gasteiger partial charge in [0.05, 0.1) is 30.9 Å². The van der Waals surface area contributed by atoms with Crippen LogP contribution in [-0.2, 0) is 22.4 Å². The van der Waals surface area contributed by atoms with Crippen molar-refractivity contribution in [3.05, 3.63) is 75.1 Å². The number of carbonyl (C=O) groups excluding carboxylic acids is 3. The highest BCUT2D eigenvalue weighted by Gasteiger charge is 2.21. The molecule has 0 aliphatic carbocycles. The normalized spacial score (nSPS) is 12.3. The number of pyridine rings is 1. The number of rotatable bonds is 4. The minimum atomic E-state index is -0.677. The monoisotopic (exact) mass is 420 g/mol. The Kier molecular flexibility index (Phi) is 5.29. The van der Waals surface area contributed by atoms with Gasteiger partial charge in [0.25, 0.3) is 5.91 Å². The minimum absolute atomic E-state index is 0.0189. The van der Waals surface area contributed by atoms with Crippen molar-refractivity contribution < 1.29 is 23.9 Å². The van der Waals surface area contributed by atoms with Crippen LogP contribution in [0.3, 0.4) is 0 Å². The van der Waals surface area contributed by atoms with Crippen molar-refractivity contribution in [3.8, 4) is 0 Å². The third-order valence-corrected chi connectivity index (χ3v) is 5.30. The number of hydrogen-bond acceptors (Lipinski definition) is 6. The number of anilines is 1. The third-order valence-electron chi connectivity index (χ3n) is 5.30. The first-order valence-electron chi connectivity index (χ1n) is 9.71. The molecule has 0 spiro atoms. The highest BCUT2D eigenvalue weighted by Crippen LogP contribution is 2.24. The fourth-order valence-corrected chi connectivity index (χ4v) is 3.89. The van der Waals surface area contributed by atoms with E-state index >= 15 is 0 Å². The number of hydrogen-bond donors (Lipinski definition) is 1. The largest absolute Gasteiger partial charge is 0.465 e. The zero-order chi connectivity index (χ0) is 22.1. The van der Waals surface area contributed by atoms with E-state index in [0.717, 1.165) is 23.9 Å². The van der Waals surface area contributed by atoms with Crippen molar-refractivity contribution >= 4 is 34.4 Å². The first kappa shape index (κ1) is 20.3. The van der Waals surface area contributed by atoms with Crippen molar-refractivity contribution in [1.82, 2.24) is 4.57 Å². The zero-order valence-corrected chi connectivity index (χ0v) is 17.1. The maximum absolute atomic E-state index is 13.0. The van der Waals surface area contributed by atoms with Gasteiger partial charge in [-0.15, -0.1) is 0 Å². The third kappa shape index (κ3) is 3.68. The molecule has 0 unspecified atom stereocenters. The Bertz CT molecular complexity index is 1260. The van der Waals surface area contributed by atoms with E-state index in [1.807, 2.05) is 16.7 Å². The Morgan fingerprint density at radius 2 is 1.68 bits per heavy atom. The summed E-state index contributed by atoms with van der Waals surface area (Å²) in [5.74, 6) is -1.99. The van der Waals surface area contributed by atoms with Gasteiger partial charge in [-0.3, -0.25) is 9.59 Å². The first-order valence-corrected chi connectivity index (χ1v) is 9.71. The second kappa shape index (κ2) is 8.06. The SMILES string of the molecule is COC(=O)c1cc(NC(=O)c2cn3c4c(cccc4c2=O)CCC3)cc(C(=O)OC)c1. The summed E-state index contributed by atoms with van der Waals surface area (Å²) in [5, 5.41) is 3.11. The number of nitrogens with zero attached hydrogens (tertiary/aromatic N) is 1. The summed E-state index contributed by atoms with van der Waals surface area (Å²) in [6.45, 7) is 0.707. The lowest BCUT2D eigenvalue weighted by atomic mass is 9.99. The predicted molar refractivity (Wildman–Crippen MR) is 114 cm³/mol. The van der Waals surface area contributed by atoms with Crippen LogP contribution in [0.2, 0.25) is 0 Å². The lowest BCUT2D eigenvalue weighted by molar-refractivity contribution is 0.0599. The highest BCUT2D eigenvalue weighted by atomic mass is 16.5. The second-order valence-electron chi connectivity index (χ2n) is 7.22. The van der Waals surface area contributed by atoms with E-state index in [9.17, 15) is 19.2 Å². The number of benzene rings is 2. The van der Waals surface area contributed by atoms with Crippen molar-refractivity contribution in [2.45, 2.75) is 19.4 Å².